The molecule has 1 atom stereocenters. The number of halogens is 4. The van der Waals surface area contributed by atoms with Crippen LogP contribution in [0, 0.1) is 10.1 Å². The van der Waals surface area contributed by atoms with E-state index in [1.165, 1.54) is 13.0 Å². The molecule has 1 aromatic heterocycles. The topological polar surface area (TPSA) is 129 Å². The second kappa shape index (κ2) is 7.37. The molecule has 0 aliphatic rings. The fraction of sp³-hybridized carbons (Fsp3) is 0.250. The first-order valence-electron chi connectivity index (χ1n) is 6.70. The van der Waals surface area contributed by atoms with Crippen molar-refractivity contribution in [1.29, 1.82) is 0 Å². The molecule has 0 saturated heterocycles. The number of thioether (sulfide) groups is 1. The predicted octanol–water partition coefficient (Wildman–Crippen LogP) is 2.69. The summed E-state index contributed by atoms with van der Waals surface area (Å²) in [7, 11) is 0. The number of aromatic nitrogens is 3. The van der Waals surface area contributed by atoms with Crippen LogP contribution in [0.3, 0.4) is 0 Å². The zero-order chi connectivity index (χ0) is 19.6. The first-order chi connectivity index (χ1) is 12.0. The number of hydrogen-bond acceptors (Lipinski definition) is 7. The number of nitro benzene ring substituents is 1. The van der Waals surface area contributed by atoms with Gasteiger partial charge in [0.25, 0.3) is 11.5 Å². The molecule has 1 aromatic carbocycles. The maximum absolute atomic E-state index is 12.6. The summed E-state index contributed by atoms with van der Waals surface area (Å²) >= 11 is 6.50. The third-order valence-corrected chi connectivity index (χ3v) is 4.37. The maximum atomic E-state index is 12.6. The molecule has 2 rings (SSSR count). The van der Waals surface area contributed by atoms with Gasteiger partial charge < -0.3 is 11.2 Å². The molecule has 2 aromatic rings. The highest BCUT2D eigenvalue weighted by Gasteiger charge is 2.38. The molecule has 14 heteroatoms. The molecule has 0 spiro atoms. The number of nitrogens with zero attached hydrogens (tertiary/aromatic N) is 4. The minimum Gasteiger partial charge on any atom is -0.335 e. The van der Waals surface area contributed by atoms with E-state index in [1.54, 1.807) is 0 Å². The van der Waals surface area contributed by atoms with E-state index in [4.69, 9.17) is 17.4 Å². The number of hydrogen-bond donors (Lipinski definition) is 2. The number of non-ortho nitro benzene ring substituents is 1. The van der Waals surface area contributed by atoms with E-state index in [-0.39, 0.29) is 26.2 Å². The zero-order valence-corrected chi connectivity index (χ0v) is 14.4. The Morgan fingerprint density at radius 1 is 1.46 bits per heavy atom. The smallest absolute Gasteiger partial charge is 0.335 e. The van der Waals surface area contributed by atoms with Crippen molar-refractivity contribution in [3.05, 3.63) is 39.2 Å². The van der Waals surface area contributed by atoms with Crippen LogP contribution in [-0.4, -0.2) is 31.0 Å². The van der Waals surface area contributed by atoms with Gasteiger partial charge in [-0.1, -0.05) is 23.4 Å². The van der Waals surface area contributed by atoms with E-state index in [0.29, 0.717) is 11.8 Å². The van der Waals surface area contributed by atoms with Crippen molar-refractivity contribution < 1.29 is 22.9 Å². The number of rotatable bonds is 5. The quantitative estimate of drug-likeness (QED) is 0.335. The Morgan fingerprint density at radius 2 is 2.12 bits per heavy atom. The number of nitro groups is 1. The van der Waals surface area contributed by atoms with Crippen molar-refractivity contribution in [3.63, 3.8) is 0 Å². The second-order valence-corrected chi connectivity index (χ2v) is 6.56. The highest BCUT2D eigenvalue weighted by molar-refractivity contribution is 8.00. The molecular formula is C12H10ClF3N6O3S. The lowest BCUT2D eigenvalue weighted by molar-refractivity contribution is -0.384. The van der Waals surface area contributed by atoms with Crippen molar-refractivity contribution in [3.8, 4) is 0 Å². The molecule has 9 nitrogen and oxygen atoms in total. The van der Waals surface area contributed by atoms with Gasteiger partial charge in [-0.3, -0.25) is 14.9 Å². The standard InChI is InChI=1S/C12H10ClF3N6O3S/c1-5(26-11-20-19-10(21(11)17)12(14,15)16)9(23)18-8-4-6(22(24)25)2-3-7(8)13/h2-5H,17H2,1H3,(H,18,23)/t5-/m1/s1. The van der Waals surface area contributed by atoms with E-state index >= 15 is 0 Å². The molecule has 0 bridgehead atoms. The number of benzene rings is 1. The average molecular weight is 411 g/mol. The highest BCUT2D eigenvalue weighted by atomic mass is 35.5. The Balaban J connectivity index is 2.13. The number of anilines is 1. The number of nitrogens with one attached hydrogen (secondary N) is 1. The van der Waals surface area contributed by atoms with Crippen LogP contribution in [-0.2, 0) is 11.0 Å². The maximum Gasteiger partial charge on any atom is 0.453 e. The summed E-state index contributed by atoms with van der Waals surface area (Å²) in [5.41, 5.74) is -0.301. The summed E-state index contributed by atoms with van der Waals surface area (Å²) < 4.78 is 38.1. The van der Waals surface area contributed by atoms with Crippen LogP contribution in [0.4, 0.5) is 24.5 Å². The zero-order valence-electron chi connectivity index (χ0n) is 12.8. The molecule has 1 heterocycles. The third-order valence-electron chi connectivity index (χ3n) is 2.99. The van der Waals surface area contributed by atoms with Gasteiger partial charge in [0.05, 0.1) is 20.9 Å². The Bertz CT molecular complexity index is 859. The Morgan fingerprint density at radius 3 is 2.65 bits per heavy atom. The van der Waals surface area contributed by atoms with Gasteiger partial charge in [0.1, 0.15) is 0 Å². The van der Waals surface area contributed by atoms with Gasteiger partial charge in [-0.2, -0.15) is 13.2 Å². The summed E-state index contributed by atoms with van der Waals surface area (Å²) in [6.07, 6.45) is -4.79. The highest BCUT2D eigenvalue weighted by Crippen LogP contribution is 2.31. The molecular weight excluding hydrogens is 401 g/mol. The van der Waals surface area contributed by atoms with Crippen molar-refractivity contribution in [2.24, 2.45) is 0 Å². The monoisotopic (exact) mass is 410 g/mol. The molecule has 0 aliphatic carbocycles. The number of nitrogen functional groups attached to an aromatic ring is 1. The van der Waals surface area contributed by atoms with Crippen molar-refractivity contribution >= 4 is 40.6 Å². The molecule has 0 fully saturated rings. The summed E-state index contributed by atoms with van der Waals surface area (Å²) in [5.74, 6) is 3.21. The van der Waals surface area contributed by atoms with Crippen LogP contribution in [0.5, 0.6) is 0 Å². The molecule has 0 radical (unpaired) electrons. The summed E-state index contributed by atoms with van der Waals surface area (Å²) in [4.78, 5) is 22.3. The third kappa shape index (κ3) is 4.35. The summed E-state index contributed by atoms with van der Waals surface area (Å²) in [5, 5.41) is 18.2. The molecule has 3 N–H and O–H groups in total. The lowest BCUT2D eigenvalue weighted by Gasteiger charge is -2.12. The van der Waals surface area contributed by atoms with Crippen molar-refractivity contribution in [2.75, 3.05) is 11.2 Å². The fourth-order valence-electron chi connectivity index (χ4n) is 1.72. The van der Waals surface area contributed by atoms with E-state index in [9.17, 15) is 28.1 Å². The van der Waals surface area contributed by atoms with Crippen LogP contribution in [0.25, 0.3) is 0 Å². The number of alkyl halides is 3. The van der Waals surface area contributed by atoms with Gasteiger partial charge in [0.2, 0.25) is 11.1 Å². The molecule has 26 heavy (non-hydrogen) atoms. The van der Waals surface area contributed by atoms with Crippen molar-refractivity contribution in [1.82, 2.24) is 14.9 Å². The first-order valence-corrected chi connectivity index (χ1v) is 7.95. The van der Waals surface area contributed by atoms with Crippen LogP contribution < -0.4 is 11.2 Å². The van der Waals surface area contributed by atoms with Gasteiger partial charge in [-0.15, -0.1) is 10.2 Å². The lowest BCUT2D eigenvalue weighted by atomic mass is 10.2. The van der Waals surface area contributed by atoms with Gasteiger partial charge in [-0.25, -0.2) is 4.68 Å². The van der Waals surface area contributed by atoms with Crippen LogP contribution >= 0.6 is 23.4 Å². The van der Waals surface area contributed by atoms with Gasteiger partial charge in [0.15, 0.2) is 0 Å². The Labute approximate surface area is 152 Å². The van der Waals surface area contributed by atoms with Gasteiger partial charge in [0, 0.05) is 12.1 Å². The minimum absolute atomic E-state index is 0.0106. The van der Waals surface area contributed by atoms with E-state index in [1.807, 2.05) is 0 Å². The van der Waals surface area contributed by atoms with E-state index in [0.717, 1.165) is 12.1 Å². The average Bonchev–Trinajstić information content (AvgIpc) is 2.90. The normalized spacial score (nSPS) is 12.7. The SMILES string of the molecule is C[C@@H](Sc1nnc(C(F)(F)F)n1N)C(=O)Nc1cc([N+](=O)[O-])ccc1Cl. The van der Waals surface area contributed by atoms with Crippen molar-refractivity contribution in [2.45, 2.75) is 23.5 Å². The summed E-state index contributed by atoms with van der Waals surface area (Å²) in [6, 6.07) is 3.45. The van der Waals surface area contributed by atoms with Crippen LogP contribution in [0.15, 0.2) is 23.4 Å². The first kappa shape index (κ1) is 19.8. The van der Waals surface area contributed by atoms with Crippen LogP contribution in [0.2, 0.25) is 5.02 Å². The number of carbonyl (C=O) groups excluding carboxylic acids is 1. The predicted molar refractivity (Wildman–Crippen MR) is 87.2 cm³/mol. The Kier molecular flexibility index (Phi) is 5.61. The fourth-order valence-corrected chi connectivity index (χ4v) is 2.65. The molecule has 0 saturated carbocycles. The van der Waals surface area contributed by atoms with E-state index in [2.05, 4.69) is 15.5 Å². The minimum atomic E-state index is -4.79. The molecule has 1 amide bonds. The Hall–Kier alpha value is -2.54. The molecule has 0 aliphatic heterocycles. The molecule has 140 valence electrons. The second-order valence-electron chi connectivity index (χ2n) is 4.84. The van der Waals surface area contributed by atoms with Gasteiger partial charge in [-0.05, 0) is 13.0 Å². The molecule has 0 unspecified atom stereocenters. The number of nitrogens with two attached hydrogens (primary N) is 1. The summed E-state index contributed by atoms with van der Waals surface area (Å²) in [6.45, 7) is 1.38. The largest absolute Gasteiger partial charge is 0.453 e. The lowest BCUT2D eigenvalue weighted by Crippen LogP contribution is -2.25. The van der Waals surface area contributed by atoms with E-state index < -0.39 is 28.1 Å². The number of amides is 1. The van der Waals surface area contributed by atoms with Gasteiger partial charge >= 0.3 is 6.18 Å². The van der Waals surface area contributed by atoms with Crippen LogP contribution in [0.1, 0.15) is 12.7 Å². The number of carbonyl (C=O) groups is 1.